The number of carbonyl (C=O) groups is 1. The van der Waals surface area contributed by atoms with Crippen molar-refractivity contribution in [1.29, 1.82) is 0 Å². The summed E-state index contributed by atoms with van der Waals surface area (Å²) < 4.78 is 4.61. The van der Waals surface area contributed by atoms with E-state index in [1.165, 1.54) is 12.7 Å². The van der Waals surface area contributed by atoms with Crippen LogP contribution in [0, 0.1) is 0 Å². The molecule has 0 radical (unpaired) electrons. The Kier molecular flexibility index (Phi) is 7.98. The molecule has 0 aromatic heterocycles. The normalized spacial score (nSPS) is 15.7. The lowest BCUT2D eigenvalue weighted by atomic mass is 10.0. The van der Waals surface area contributed by atoms with Crippen LogP contribution in [0.1, 0.15) is 31.2 Å². The molecule has 132 valence electrons. The van der Waals surface area contributed by atoms with E-state index in [0.29, 0.717) is 24.1 Å². The molecular formula is C18H27N3O2S. The molecule has 0 unspecified atom stereocenters. The highest BCUT2D eigenvalue weighted by atomic mass is 32.1. The van der Waals surface area contributed by atoms with Gasteiger partial charge >= 0.3 is 5.97 Å². The number of hydrogen-bond donors (Lipinski definition) is 2. The van der Waals surface area contributed by atoms with Crippen LogP contribution in [0.3, 0.4) is 0 Å². The van der Waals surface area contributed by atoms with Crippen LogP contribution < -0.4 is 10.6 Å². The van der Waals surface area contributed by atoms with Crippen LogP contribution in [-0.2, 0) is 16.1 Å². The number of benzene rings is 1. The van der Waals surface area contributed by atoms with E-state index in [1.807, 2.05) is 0 Å². The Morgan fingerprint density at radius 3 is 2.67 bits per heavy atom. The summed E-state index contributed by atoms with van der Waals surface area (Å²) in [4.78, 5) is 13.5. The number of thiocarbonyl (C=S) groups is 1. The van der Waals surface area contributed by atoms with Gasteiger partial charge in [-0.15, -0.1) is 0 Å². The van der Waals surface area contributed by atoms with Gasteiger partial charge in [-0.1, -0.05) is 30.3 Å². The maximum Gasteiger partial charge on any atom is 0.305 e. The molecule has 2 rings (SSSR count). The zero-order valence-corrected chi connectivity index (χ0v) is 15.1. The van der Waals surface area contributed by atoms with Crippen molar-refractivity contribution in [1.82, 2.24) is 15.5 Å². The lowest BCUT2D eigenvalue weighted by Crippen LogP contribution is -2.47. The van der Waals surface area contributed by atoms with Gasteiger partial charge in [0.1, 0.15) is 0 Å². The molecule has 0 spiro atoms. The SMILES string of the molecule is COC(=O)CCCNC(=S)NC1CCN(Cc2ccccc2)CC1. The third-order valence-corrected chi connectivity index (χ3v) is 4.50. The summed E-state index contributed by atoms with van der Waals surface area (Å²) in [5, 5.41) is 7.22. The second-order valence-corrected chi connectivity index (χ2v) is 6.52. The van der Waals surface area contributed by atoms with Gasteiger partial charge in [-0.25, -0.2) is 0 Å². The number of esters is 1. The van der Waals surface area contributed by atoms with Gasteiger partial charge in [-0.3, -0.25) is 9.69 Å². The fourth-order valence-corrected chi connectivity index (χ4v) is 3.12. The predicted octanol–water partition coefficient (Wildman–Crippen LogP) is 2.07. The maximum atomic E-state index is 11.0. The average molecular weight is 350 g/mol. The summed E-state index contributed by atoms with van der Waals surface area (Å²) >= 11 is 5.32. The monoisotopic (exact) mass is 349 g/mol. The molecule has 0 bridgehead atoms. The van der Waals surface area contributed by atoms with Gasteiger partial charge < -0.3 is 15.4 Å². The Morgan fingerprint density at radius 2 is 2.00 bits per heavy atom. The van der Waals surface area contributed by atoms with Crippen LogP contribution in [0.25, 0.3) is 0 Å². The second kappa shape index (κ2) is 10.3. The number of likely N-dealkylation sites (tertiary alicyclic amines) is 1. The van der Waals surface area contributed by atoms with E-state index in [-0.39, 0.29) is 5.97 Å². The van der Waals surface area contributed by atoms with E-state index in [9.17, 15) is 4.79 Å². The van der Waals surface area contributed by atoms with Crippen LogP contribution >= 0.6 is 12.2 Å². The number of hydrogen-bond acceptors (Lipinski definition) is 4. The van der Waals surface area contributed by atoms with Crippen molar-refractivity contribution in [3.8, 4) is 0 Å². The van der Waals surface area contributed by atoms with Crippen LogP contribution in [-0.4, -0.2) is 48.8 Å². The molecule has 5 nitrogen and oxygen atoms in total. The van der Waals surface area contributed by atoms with Crippen molar-refractivity contribution in [2.45, 2.75) is 38.3 Å². The molecule has 1 aliphatic rings. The minimum Gasteiger partial charge on any atom is -0.469 e. The average Bonchev–Trinajstić information content (AvgIpc) is 2.61. The third-order valence-electron chi connectivity index (χ3n) is 4.24. The first kappa shape index (κ1) is 18.7. The van der Waals surface area contributed by atoms with Crippen molar-refractivity contribution in [2.24, 2.45) is 0 Å². The molecule has 2 N–H and O–H groups in total. The first-order valence-electron chi connectivity index (χ1n) is 8.55. The molecule has 0 aliphatic carbocycles. The van der Waals surface area contributed by atoms with E-state index >= 15 is 0 Å². The number of nitrogens with one attached hydrogen (secondary N) is 2. The van der Waals surface area contributed by atoms with Crippen LogP contribution in [0.2, 0.25) is 0 Å². The van der Waals surface area contributed by atoms with Gasteiger partial charge in [0.05, 0.1) is 7.11 Å². The molecule has 0 saturated carbocycles. The molecule has 0 atom stereocenters. The van der Waals surface area contributed by atoms with Crippen molar-refractivity contribution in [3.63, 3.8) is 0 Å². The lowest BCUT2D eigenvalue weighted by Gasteiger charge is -2.33. The van der Waals surface area contributed by atoms with Crippen molar-refractivity contribution in [2.75, 3.05) is 26.7 Å². The van der Waals surface area contributed by atoms with E-state index < -0.39 is 0 Å². The Morgan fingerprint density at radius 1 is 1.29 bits per heavy atom. The van der Waals surface area contributed by atoms with E-state index in [0.717, 1.165) is 38.9 Å². The first-order valence-corrected chi connectivity index (χ1v) is 8.95. The largest absolute Gasteiger partial charge is 0.469 e. The van der Waals surface area contributed by atoms with Gasteiger partial charge in [-0.05, 0) is 37.0 Å². The molecule has 6 heteroatoms. The Balaban J connectivity index is 1.58. The van der Waals surface area contributed by atoms with Gasteiger partial charge in [0, 0.05) is 38.6 Å². The molecule has 1 aliphatic heterocycles. The topological polar surface area (TPSA) is 53.6 Å². The highest BCUT2D eigenvalue weighted by Gasteiger charge is 2.19. The van der Waals surface area contributed by atoms with Crippen LogP contribution in [0.4, 0.5) is 0 Å². The van der Waals surface area contributed by atoms with Crippen molar-refractivity contribution in [3.05, 3.63) is 35.9 Å². The zero-order chi connectivity index (χ0) is 17.2. The Hall–Kier alpha value is -1.66. The molecule has 1 saturated heterocycles. The van der Waals surface area contributed by atoms with Gasteiger partial charge in [0.2, 0.25) is 0 Å². The van der Waals surface area contributed by atoms with Crippen molar-refractivity contribution < 1.29 is 9.53 Å². The molecule has 0 amide bonds. The number of nitrogens with zero attached hydrogens (tertiary/aromatic N) is 1. The van der Waals surface area contributed by atoms with Crippen LogP contribution in [0.5, 0.6) is 0 Å². The number of piperidine rings is 1. The van der Waals surface area contributed by atoms with E-state index in [2.05, 4.69) is 50.6 Å². The summed E-state index contributed by atoms with van der Waals surface area (Å²) in [5.41, 5.74) is 1.37. The molecular weight excluding hydrogens is 322 g/mol. The fourth-order valence-electron chi connectivity index (χ4n) is 2.85. The highest BCUT2D eigenvalue weighted by molar-refractivity contribution is 7.80. The first-order chi connectivity index (χ1) is 11.7. The highest BCUT2D eigenvalue weighted by Crippen LogP contribution is 2.13. The molecule has 1 aromatic carbocycles. The summed E-state index contributed by atoms with van der Waals surface area (Å²) in [7, 11) is 1.41. The standard InChI is InChI=1S/C18H27N3O2S/c1-23-17(22)8-5-11-19-18(24)20-16-9-12-21(13-10-16)14-15-6-3-2-4-7-15/h2-4,6-7,16H,5,8-14H2,1H3,(H2,19,20,24). The fraction of sp³-hybridized carbons (Fsp3) is 0.556. The lowest BCUT2D eigenvalue weighted by molar-refractivity contribution is -0.140. The second-order valence-electron chi connectivity index (χ2n) is 6.12. The van der Waals surface area contributed by atoms with Gasteiger partial charge in [0.15, 0.2) is 5.11 Å². The van der Waals surface area contributed by atoms with E-state index in [4.69, 9.17) is 12.2 Å². The van der Waals surface area contributed by atoms with E-state index in [1.54, 1.807) is 0 Å². The third kappa shape index (κ3) is 6.84. The van der Waals surface area contributed by atoms with Crippen LogP contribution in [0.15, 0.2) is 30.3 Å². The molecule has 1 fully saturated rings. The quantitative estimate of drug-likeness (QED) is 0.446. The summed E-state index contributed by atoms with van der Waals surface area (Å²) in [6.07, 6.45) is 3.33. The molecule has 1 heterocycles. The zero-order valence-electron chi connectivity index (χ0n) is 14.3. The summed E-state index contributed by atoms with van der Waals surface area (Å²) in [5.74, 6) is -0.179. The van der Waals surface area contributed by atoms with Crippen molar-refractivity contribution >= 4 is 23.3 Å². The number of rotatable bonds is 7. The van der Waals surface area contributed by atoms with Gasteiger partial charge in [0.25, 0.3) is 0 Å². The summed E-state index contributed by atoms with van der Waals surface area (Å²) in [6.45, 7) is 3.87. The minimum atomic E-state index is -0.179. The number of carbonyl (C=O) groups excluding carboxylic acids is 1. The molecule has 24 heavy (non-hydrogen) atoms. The number of ether oxygens (including phenoxy) is 1. The minimum absolute atomic E-state index is 0.179. The maximum absolute atomic E-state index is 11.0. The number of methoxy groups -OCH3 is 1. The molecule has 1 aromatic rings. The predicted molar refractivity (Wildman–Crippen MR) is 99.7 cm³/mol. The smallest absolute Gasteiger partial charge is 0.305 e. The summed E-state index contributed by atoms with van der Waals surface area (Å²) in [6, 6.07) is 11.0. The Labute approximate surface area is 149 Å². The Bertz CT molecular complexity index is 516. The van der Waals surface area contributed by atoms with Gasteiger partial charge in [-0.2, -0.15) is 0 Å².